The number of aliphatic imine (C=N–C) groups is 1. The van der Waals surface area contributed by atoms with Gasteiger partial charge in [-0.05, 0) is 83.1 Å². The Bertz CT molecular complexity index is 926. The largest absolute Gasteiger partial charge is 0.356 e. The molecule has 2 heterocycles. The van der Waals surface area contributed by atoms with Gasteiger partial charge in [-0.25, -0.2) is 0 Å². The first-order valence-electron chi connectivity index (χ1n) is 12.4. The molecule has 1 N–H and O–H groups in total. The number of aldehydes is 1. The molecule has 5 nitrogen and oxygen atoms in total. The molecule has 1 saturated heterocycles. The molecule has 2 aromatic rings. The number of nitrogens with one attached hydrogen (secondary N) is 1. The second kappa shape index (κ2) is 12.6. The van der Waals surface area contributed by atoms with E-state index in [0.717, 1.165) is 36.3 Å². The maximum atomic E-state index is 10.4. The first-order chi connectivity index (χ1) is 16.4. The van der Waals surface area contributed by atoms with E-state index in [-0.39, 0.29) is 5.54 Å². The summed E-state index contributed by atoms with van der Waals surface area (Å²) in [6.45, 7) is 6.79. The van der Waals surface area contributed by atoms with Gasteiger partial charge in [-0.3, -0.25) is 14.6 Å². The predicted octanol–water partition coefficient (Wildman–Crippen LogP) is 4.94. The summed E-state index contributed by atoms with van der Waals surface area (Å²) < 4.78 is 0. The summed E-state index contributed by atoms with van der Waals surface area (Å²) in [5.74, 6) is 0.911. The van der Waals surface area contributed by atoms with E-state index in [1.54, 1.807) is 0 Å². The fraction of sp³-hybridized carbons (Fsp3) is 0.483. The highest BCUT2D eigenvalue weighted by atomic mass is 16.1. The third-order valence-electron chi connectivity index (χ3n) is 6.50. The van der Waals surface area contributed by atoms with Crippen LogP contribution < -0.4 is 5.32 Å². The van der Waals surface area contributed by atoms with Gasteiger partial charge in [0.1, 0.15) is 6.29 Å². The van der Waals surface area contributed by atoms with Crippen LogP contribution in [0.1, 0.15) is 67.4 Å². The van der Waals surface area contributed by atoms with Gasteiger partial charge < -0.3 is 10.2 Å². The fourth-order valence-electron chi connectivity index (χ4n) is 4.24. The minimum Gasteiger partial charge on any atom is -0.356 e. The molecular formula is C29H39N3O2. The Hall–Kier alpha value is -2.79. The summed E-state index contributed by atoms with van der Waals surface area (Å²) in [7, 11) is 2.22. The Kier molecular flexibility index (Phi) is 9.58. The van der Waals surface area contributed by atoms with Gasteiger partial charge in [-0.2, -0.15) is 0 Å². The van der Waals surface area contributed by atoms with Crippen LogP contribution in [0.5, 0.6) is 0 Å². The van der Waals surface area contributed by atoms with Gasteiger partial charge in [-0.15, -0.1) is 0 Å². The Labute approximate surface area is 204 Å². The summed E-state index contributed by atoms with van der Waals surface area (Å²) in [4.78, 5) is 26.9. The smallest absolute Gasteiger partial charge is 0.207 e. The van der Waals surface area contributed by atoms with Crippen molar-refractivity contribution in [3.8, 4) is 0 Å². The SMILES string of the molecule is CC1(C)CC(c2ccc(C=O)cc2)=N1.CN1CCC(Cc2ccccc2)CC1.O=CNC1CC1. The number of nitrogens with zero attached hydrogens (tertiary/aromatic N) is 2. The van der Waals surface area contributed by atoms with Crippen molar-refractivity contribution in [1.82, 2.24) is 10.2 Å². The average molecular weight is 462 g/mol. The van der Waals surface area contributed by atoms with Crippen molar-refractivity contribution in [3.05, 3.63) is 71.3 Å². The number of benzene rings is 2. The molecule has 182 valence electrons. The van der Waals surface area contributed by atoms with E-state index in [1.807, 2.05) is 24.3 Å². The van der Waals surface area contributed by atoms with Gasteiger partial charge in [0.2, 0.25) is 6.41 Å². The maximum Gasteiger partial charge on any atom is 0.207 e. The molecule has 1 saturated carbocycles. The van der Waals surface area contributed by atoms with Gasteiger partial charge in [0.05, 0.1) is 5.54 Å². The van der Waals surface area contributed by atoms with Gasteiger partial charge in [0.15, 0.2) is 0 Å². The maximum absolute atomic E-state index is 10.4. The molecule has 0 bridgehead atoms. The van der Waals surface area contributed by atoms with Crippen molar-refractivity contribution in [2.45, 2.75) is 64.0 Å². The second-order valence-electron chi connectivity index (χ2n) is 10.3. The van der Waals surface area contributed by atoms with Gasteiger partial charge in [-0.1, -0.05) is 54.6 Å². The Morgan fingerprint density at radius 2 is 1.59 bits per heavy atom. The van der Waals surface area contributed by atoms with Crippen molar-refractivity contribution < 1.29 is 9.59 Å². The van der Waals surface area contributed by atoms with E-state index in [1.165, 1.54) is 50.8 Å². The highest BCUT2D eigenvalue weighted by Gasteiger charge is 2.29. The summed E-state index contributed by atoms with van der Waals surface area (Å²) >= 11 is 0. The Morgan fingerprint density at radius 1 is 0.971 bits per heavy atom. The molecule has 2 aliphatic heterocycles. The lowest BCUT2D eigenvalue weighted by Gasteiger charge is -2.31. The van der Waals surface area contributed by atoms with Gasteiger partial charge >= 0.3 is 0 Å². The van der Waals surface area contributed by atoms with E-state index in [0.29, 0.717) is 11.6 Å². The van der Waals surface area contributed by atoms with Crippen LogP contribution in [0.15, 0.2) is 59.6 Å². The van der Waals surface area contributed by atoms with Crippen molar-refractivity contribution >= 4 is 18.4 Å². The second-order valence-corrected chi connectivity index (χ2v) is 10.3. The number of carbonyl (C=O) groups is 2. The summed E-state index contributed by atoms with van der Waals surface area (Å²) in [6, 6.07) is 19.0. The molecule has 2 fully saturated rings. The quantitative estimate of drug-likeness (QED) is 0.620. The number of rotatable bonds is 6. The number of likely N-dealkylation sites (tertiary alicyclic amines) is 1. The number of carbonyl (C=O) groups excluding carboxylic acids is 2. The molecule has 2 aromatic carbocycles. The van der Waals surface area contributed by atoms with E-state index in [9.17, 15) is 9.59 Å². The molecule has 1 aliphatic carbocycles. The first kappa shape index (κ1) is 25.8. The lowest BCUT2D eigenvalue weighted by atomic mass is 9.87. The first-order valence-corrected chi connectivity index (χ1v) is 12.4. The monoisotopic (exact) mass is 461 g/mol. The lowest BCUT2D eigenvalue weighted by molar-refractivity contribution is -0.109. The summed E-state index contributed by atoms with van der Waals surface area (Å²) in [5.41, 5.74) is 4.61. The van der Waals surface area contributed by atoms with E-state index in [2.05, 4.69) is 66.4 Å². The number of hydrogen-bond donors (Lipinski definition) is 1. The molecule has 0 aromatic heterocycles. The van der Waals surface area contributed by atoms with Crippen LogP contribution in [0, 0.1) is 5.92 Å². The third-order valence-corrected chi connectivity index (χ3v) is 6.50. The van der Waals surface area contributed by atoms with Crippen LogP contribution in [0.25, 0.3) is 0 Å². The van der Waals surface area contributed by atoms with Crippen LogP contribution >= 0.6 is 0 Å². The number of amides is 1. The number of piperidine rings is 1. The predicted molar refractivity (Wildman–Crippen MR) is 140 cm³/mol. The molecule has 1 amide bonds. The number of hydrogen-bond acceptors (Lipinski definition) is 4. The third kappa shape index (κ3) is 8.86. The summed E-state index contributed by atoms with van der Waals surface area (Å²) in [5, 5.41) is 2.64. The fourth-order valence-corrected chi connectivity index (χ4v) is 4.24. The van der Waals surface area contributed by atoms with Crippen molar-refractivity contribution in [2.75, 3.05) is 20.1 Å². The van der Waals surface area contributed by atoms with Gasteiger partial charge in [0, 0.05) is 23.7 Å². The zero-order valence-electron chi connectivity index (χ0n) is 20.9. The van der Waals surface area contributed by atoms with Crippen LogP contribution in [-0.4, -0.2) is 55.0 Å². The minimum atomic E-state index is 0.110. The highest BCUT2D eigenvalue weighted by molar-refractivity contribution is 6.05. The van der Waals surface area contributed by atoms with E-state index in [4.69, 9.17) is 0 Å². The van der Waals surface area contributed by atoms with Crippen LogP contribution in [0.4, 0.5) is 0 Å². The Balaban J connectivity index is 0.000000154. The molecule has 0 spiro atoms. The molecule has 34 heavy (non-hydrogen) atoms. The molecular weight excluding hydrogens is 422 g/mol. The lowest BCUT2D eigenvalue weighted by Crippen LogP contribution is -2.33. The minimum absolute atomic E-state index is 0.110. The van der Waals surface area contributed by atoms with E-state index < -0.39 is 0 Å². The Morgan fingerprint density at radius 3 is 2.06 bits per heavy atom. The normalized spacial score (nSPS) is 19.2. The van der Waals surface area contributed by atoms with Crippen molar-refractivity contribution in [3.63, 3.8) is 0 Å². The van der Waals surface area contributed by atoms with Crippen LogP contribution in [0.3, 0.4) is 0 Å². The standard InChI is InChI=1S/C13H19N.C12H13NO.C4H7NO/c1-14-9-7-13(8-10-14)11-12-5-3-2-4-6-12;1-12(2)7-11(13-12)10-5-3-9(8-14)4-6-10;6-3-5-4-1-2-4/h2-6,13H,7-11H2,1H3;3-6,8H,7H2,1-2H3;3-4H,1-2H2,(H,5,6). The van der Waals surface area contributed by atoms with E-state index >= 15 is 0 Å². The average Bonchev–Trinajstić information content (AvgIpc) is 3.65. The zero-order valence-corrected chi connectivity index (χ0v) is 20.9. The molecule has 5 heteroatoms. The van der Waals surface area contributed by atoms with Crippen molar-refractivity contribution in [2.24, 2.45) is 10.9 Å². The topological polar surface area (TPSA) is 61.8 Å². The molecule has 0 atom stereocenters. The van der Waals surface area contributed by atoms with Gasteiger partial charge in [0.25, 0.3) is 0 Å². The highest BCUT2D eigenvalue weighted by Crippen LogP contribution is 2.28. The molecule has 0 radical (unpaired) electrons. The molecule has 0 unspecified atom stereocenters. The van der Waals surface area contributed by atoms with Crippen LogP contribution in [0.2, 0.25) is 0 Å². The molecule has 5 rings (SSSR count). The molecule has 3 aliphatic rings. The summed E-state index contributed by atoms with van der Waals surface area (Å²) in [6.07, 6.45) is 9.00. The zero-order chi connectivity index (χ0) is 24.4. The van der Waals surface area contributed by atoms with Crippen molar-refractivity contribution in [1.29, 1.82) is 0 Å². The van der Waals surface area contributed by atoms with Crippen LogP contribution in [-0.2, 0) is 11.2 Å².